The lowest BCUT2D eigenvalue weighted by Gasteiger charge is -2.27. The Bertz CT molecular complexity index is 351. The van der Waals surface area contributed by atoms with Crippen LogP contribution in [-0.4, -0.2) is 24.5 Å². The predicted molar refractivity (Wildman–Crippen MR) is 76.1 cm³/mol. The molecular formula is C13H21NOS2. The van der Waals surface area contributed by atoms with Gasteiger partial charge in [-0.05, 0) is 37.3 Å². The number of hydrogen-bond acceptors (Lipinski definition) is 4. The standard InChI is InChI=1S/C13H21NOS2/c1-9(2)15-6-5-14-12-8-10(3)17-13-11(12)4-7-16-13/h4,7,9-10,12,14H,5-6,8H2,1-3H3/t10-,12?/m0/s1. The third-order valence-corrected chi connectivity index (χ3v) is 5.20. The lowest BCUT2D eigenvalue weighted by molar-refractivity contribution is 0.0791. The molecule has 2 atom stereocenters. The topological polar surface area (TPSA) is 21.3 Å². The molecule has 0 radical (unpaired) electrons. The number of nitrogens with one attached hydrogen (secondary N) is 1. The predicted octanol–water partition coefficient (Wildman–Crippen LogP) is 3.69. The Labute approximate surface area is 112 Å². The Morgan fingerprint density at radius 3 is 3.12 bits per heavy atom. The molecule has 1 unspecified atom stereocenters. The van der Waals surface area contributed by atoms with Gasteiger partial charge in [0.1, 0.15) is 0 Å². The molecule has 1 aromatic rings. The molecule has 17 heavy (non-hydrogen) atoms. The Morgan fingerprint density at radius 2 is 2.35 bits per heavy atom. The summed E-state index contributed by atoms with van der Waals surface area (Å²) in [6, 6.07) is 2.78. The second-order valence-electron chi connectivity index (χ2n) is 4.75. The fourth-order valence-electron chi connectivity index (χ4n) is 2.07. The van der Waals surface area contributed by atoms with Crippen molar-refractivity contribution in [2.75, 3.05) is 13.2 Å². The van der Waals surface area contributed by atoms with E-state index in [1.807, 2.05) is 23.1 Å². The van der Waals surface area contributed by atoms with Gasteiger partial charge in [-0.15, -0.1) is 23.1 Å². The summed E-state index contributed by atoms with van der Waals surface area (Å²) in [6.07, 6.45) is 1.55. The van der Waals surface area contributed by atoms with Crippen molar-refractivity contribution < 1.29 is 4.74 Å². The van der Waals surface area contributed by atoms with Crippen LogP contribution >= 0.6 is 23.1 Å². The first-order chi connectivity index (χ1) is 8.16. The second kappa shape index (κ2) is 6.23. The minimum Gasteiger partial charge on any atom is -0.377 e. The van der Waals surface area contributed by atoms with Gasteiger partial charge in [-0.25, -0.2) is 0 Å². The normalized spacial score (nSPS) is 24.0. The van der Waals surface area contributed by atoms with Crippen molar-refractivity contribution in [3.05, 3.63) is 17.0 Å². The van der Waals surface area contributed by atoms with Gasteiger partial charge < -0.3 is 10.1 Å². The van der Waals surface area contributed by atoms with Gasteiger partial charge in [-0.1, -0.05) is 6.92 Å². The van der Waals surface area contributed by atoms with Crippen molar-refractivity contribution in [2.24, 2.45) is 0 Å². The zero-order valence-corrected chi connectivity index (χ0v) is 12.4. The van der Waals surface area contributed by atoms with Gasteiger partial charge in [0.15, 0.2) is 0 Å². The van der Waals surface area contributed by atoms with Gasteiger partial charge in [0.2, 0.25) is 0 Å². The number of fused-ring (bicyclic) bond motifs is 1. The first-order valence-corrected chi connectivity index (χ1v) is 8.01. The van der Waals surface area contributed by atoms with Crippen LogP contribution in [0.4, 0.5) is 0 Å². The van der Waals surface area contributed by atoms with E-state index >= 15 is 0 Å². The summed E-state index contributed by atoms with van der Waals surface area (Å²) in [7, 11) is 0. The third-order valence-electron chi connectivity index (χ3n) is 2.85. The quantitative estimate of drug-likeness (QED) is 0.825. The van der Waals surface area contributed by atoms with E-state index < -0.39 is 0 Å². The summed E-state index contributed by atoms with van der Waals surface area (Å²) in [5.74, 6) is 0. The molecule has 1 aliphatic heterocycles. The van der Waals surface area contributed by atoms with E-state index in [9.17, 15) is 0 Å². The van der Waals surface area contributed by atoms with Gasteiger partial charge in [0.05, 0.1) is 16.9 Å². The van der Waals surface area contributed by atoms with Gasteiger partial charge in [-0.3, -0.25) is 0 Å². The molecule has 0 saturated heterocycles. The van der Waals surface area contributed by atoms with Crippen molar-refractivity contribution in [2.45, 2.75) is 48.8 Å². The molecule has 0 saturated carbocycles. The molecule has 1 aromatic heterocycles. The summed E-state index contributed by atoms with van der Waals surface area (Å²) < 4.78 is 7.06. The lowest BCUT2D eigenvalue weighted by Crippen LogP contribution is -2.29. The number of hydrogen-bond donors (Lipinski definition) is 1. The summed E-state index contributed by atoms with van der Waals surface area (Å²) in [6.45, 7) is 8.21. The molecule has 0 aromatic carbocycles. The average molecular weight is 271 g/mol. The maximum atomic E-state index is 5.56. The van der Waals surface area contributed by atoms with Crippen LogP contribution in [0.15, 0.2) is 15.7 Å². The van der Waals surface area contributed by atoms with E-state index in [1.54, 1.807) is 0 Å². The Kier molecular flexibility index (Phi) is 4.91. The van der Waals surface area contributed by atoms with Crippen molar-refractivity contribution >= 4 is 23.1 Å². The highest BCUT2D eigenvalue weighted by Crippen LogP contribution is 2.43. The summed E-state index contributed by atoms with van der Waals surface area (Å²) in [5, 5.41) is 6.53. The molecule has 0 aliphatic carbocycles. The fourth-order valence-corrected chi connectivity index (χ4v) is 4.64. The Hall–Kier alpha value is -0.0300. The maximum absolute atomic E-state index is 5.56. The van der Waals surface area contributed by atoms with Crippen molar-refractivity contribution in [3.63, 3.8) is 0 Å². The van der Waals surface area contributed by atoms with E-state index in [2.05, 4.69) is 37.5 Å². The van der Waals surface area contributed by atoms with E-state index in [1.165, 1.54) is 16.2 Å². The number of thiophene rings is 1. The molecule has 0 fully saturated rings. The summed E-state index contributed by atoms with van der Waals surface area (Å²) in [4.78, 5) is 0. The van der Waals surface area contributed by atoms with Gasteiger partial charge in [-0.2, -0.15) is 0 Å². The third kappa shape index (κ3) is 3.71. The zero-order chi connectivity index (χ0) is 12.3. The van der Waals surface area contributed by atoms with Crippen LogP contribution in [0.3, 0.4) is 0 Å². The van der Waals surface area contributed by atoms with Crippen LogP contribution in [0.25, 0.3) is 0 Å². The van der Waals surface area contributed by atoms with Crippen LogP contribution in [0.5, 0.6) is 0 Å². The van der Waals surface area contributed by atoms with Crippen LogP contribution in [-0.2, 0) is 4.74 Å². The number of thioether (sulfide) groups is 1. The highest BCUT2D eigenvalue weighted by molar-refractivity contribution is 8.01. The van der Waals surface area contributed by atoms with E-state index in [0.717, 1.165) is 13.2 Å². The maximum Gasteiger partial charge on any atom is 0.0649 e. The molecule has 1 aliphatic rings. The molecule has 4 heteroatoms. The van der Waals surface area contributed by atoms with Crippen LogP contribution in [0.1, 0.15) is 38.8 Å². The van der Waals surface area contributed by atoms with E-state index in [0.29, 0.717) is 17.4 Å². The molecule has 1 N–H and O–H groups in total. The molecular weight excluding hydrogens is 250 g/mol. The number of ether oxygens (including phenoxy) is 1. The highest BCUT2D eigenvalue weighted by atomic mass is 32.2. The highest BCUT2D eigenvalue weighted by Gasteiger charge is 2.25. The van der Waals surface area contributed by atoms with Crippen molar-refractivity contribution in [1.29, 1.82) is 0 Å². The smallest absolute Gasteiger partial charge is 0.0649 e. The van der Waals surface area contributed by atoms with Gasteiger partial charge >= 0.3 is 0 Å². The van der Waals surface area contributed by atoms with E-state index in [4.69, 9.17) is 4.74 Å². The summed E-state index contributed by atoms with van der Waals surface area (Å²) >= 11 is 3.88. The molecule has 2 heterocycles. The second-order valence-corrected chi connectivity index (χ2v) is 7.38. The van der Waals surface area contributed by atoms with Crippen molar-refractivity contribution in [3.8, 4) is 0 Å². The van der Waals surface area contributed by atoms with Crippen LogP contribution < -0.4 is 5.32 Å². The molecule has 0 bridgehead atoms. The van der Waals surface area contributed by atoms with Crippen molar-refractivity contribution in [1.82, 2.24) is 5.32 Å². The SMILES string of the molecule is CC(C)OCCNC1C[C@H](C)Sc2sccc21. The average Bonchev–Trinajstić information content (AvgIpc) is 2.71. The Morgan fingerprint density at radius 1 is 1.53 bits per heavy atom. The lowest BCUT2D eigenvalue weighted by atomic mass is 10.1. The first-order valence-electron chi connectivity index (χ1n) is 6.26. The first kappa shape index (κ1) is 13.4. The minimum absolute atomic E-state index is 0.328. The van der Waals surface area contributed by atoms with Crippen LogP contribution in [0.2, 0.25) is 0 Å². The minimum atomic E-state index is 0.328. The summed E-state index contributed by atoms with van der Waals surface area (Å²) in [5.41, 5.74) is 1.49. The largest absolute Gasteiger partial charge is 0.377 e. The molecule has 2 rings (SSSR count). The van der Waals surface area contributed by atoms with Gasteiger partial charge in [0, 0.05) is 17.8 Å². The molecule has 96 valence electrons. The van der Waals surface area contributed by atoms with E-state index in [-0.39, 0.29) is 0 Å². The monoisotopic (exact) mass is 271 g/mol. The fraction of sp³-hybridized carbons (Fsp3) is 0.692. The zero-order valence-electron chi connectivity index (χ0n) is 10.7. The molecule has 0 spiro atoms. The van der Waals surface area contributed by atoms with Crippen LogP contribution in [0, 0.1) is 0 Å². The number of rotatable bonds is 5. The Balaban J connectivity index is 1.85. The molecule has 0 amide bonds. The molecule has 2 nitrogen and oxygen atoms in total. The van der Waals surface area contributed by atoms with Gasteiger partial charge in [0.25, 0.3) is 0 Å².